The molecule has 0 bridgehead atoms. The number of hydrogen-bond acceptors (Lipinski definition) is 4. The van der Waals surface area contributed by atoms with E-state index in [2.05, 4.69) is 10.4 Å². The highest BCUT2D eigenvalue weighted by molar-refractivity contribution is 7.90. The van der Waals surface area contributed by atoms with Crippen molar-refractivity contribution in [2.75, 3.05) is 12.0 Å². The van der Waals surface area contributed by atoms with Gasteiger partial charge in [-0.1, -0.05) is 18.2 Å². The first-order chi connectivity index (χ1) is 9.44. The first-order valence-electron chi connectivity index (χ1n) is 6.44. The standard InChI is InChI=1S/C14H19N3O2S/c1-12(11-20(2,18)19)15-8-13-9-16-17(10-13)14-6-4-3-5-7-14/h3-7,9-10,12,15H,8,11H2,1-2H3. The van der Waals surface area contributed by atoms with Crippen molar-refractivity contribution in [2.24, 2.45) is 0 Å². The van der Waals surface area contributed by atoms with Gasteiger partial charge in [-0.15, -0.1) is 0 Å². The van der Waals surface area contributed by atoms with E-state index < -0.39 is 9.84 Å². The molecule has 0 aliphatic rings. The first-order valence-corrected chi connectivity index (χ1v) is 8.50. The largest absolute Gasteiger partial charge is 0.309 e. The summed E-state index contributed by atoms with van der Waals surface area (Å²) in [5, 5.41) is 7.49. The lowest BCUT2D eigenvalue weighted by Gasteiger charge is -2.11. The van der Waals surface area contributed by atoms with Crippen LogP contribution in [-0.4, -0.2) is 36.2 Å². The van der Waals surface area contributed by atoms with E-state index in [4.69, 9.17) is 0 Å². The van der Waals surface area contributed by atoms with E-state index in [0.717, 1.165) is 11.3 Å². The molecule has 2 aromatic rings. The number of hydrogen-bond donors (Lipinski definition) is 1. The zero-order valence-corrected chi connectivity index (χ0v) is 12.5. The van der Waals surface area contributed by atoms with Gasteiger partial charge >= 0.3 is 0 Å². The summed E-state index contributed by atoms with van der Waals surface area (Å²) in [7, 11) is -2.95. The summed E-state index contributed by atoms with van der Waals surface area (Å²) >= 11 is 0. The van der Waals surface area contributed by atoms with Gasteiger partial charge in [-0.3, -0.25) is 0 Å². The van der Waals surface area contributed by atoms with Crippen LogP contribution in [0, 0.1) is 0 Å². The summed E-state index contributed by atoms with van der Waals surface area (Å²) in [6, 6.07) is 9.77. The fourth-order valence-corrected chi connectivity index (χ4v) is 3.00. The zero-order valence-electron chi connectivity index (χ0n) is 11.7. The predicted octanol–water partition coefficient (Wildman–Crippen LogP) is 1.39. The molecule has 1 atom stereocenters. The van der Waals surface area contributed by atoms with Crippen molar-refractivity contribution in [2.45, 2.75) is 19.5 Å². The van der Waals surface area contributed by atoms with Crippen molar-refractivity contribution in [3.8, 4) is 5.69 Å². The zero-order chi connectivity index (χ0) is 14.6. The van der Waals surface area contributed by atoms with Crippen LogP contribution < -0.4 is 5.32 Å². The topological polar surface area (TPSA) is 64.0 Å². The third-order valence-electron chi connectivity index (χ3n) is 2.86. The number of rotatable bonds is 6. The lowest BCUT2D eigenvalue weighted by Crippen LogP contribution is -2.32. The van der Waals surface area contributed by atoms with Crippen LogP contribution in [0.3, 0.4) is 0 Å². The minimum atomic E-state index is -2.95. The van der Waals surface area contributed by atoms with Crippen LogP contribution in [0.1, 0.15) is 12.5 Å². The van der Waals surface area contributed by atoms with Gasteiger partial charge in [0.15, 0.2) is 0 Å². The van der Waals surface area contributed by atoms with Crippen LogP contribution in [0.15, 0.2) is 42.7 Å². The van der Waals surface area contributed by atoms with E-state index >= 15 is 0 Å². The third kappa shape index (κ3) is 4.47. The van der Waals surface area contributed by atoms with Gasteiger partial charge in [0.05, 0.1) is 17.6 Å². The summed E-state index contributed by atoms with van der Waals surface area (Å²) in [5.74, 6) is 0.139. The molecule has 2 rings (SSSR count). The monoisotopic (exact) mass is 293 g/mol. The second kappa shape index (κ2) is 6.19. The number of nitrogens with zero attached hydrogens (tertiary/aromatic N) is 2. The molecular formula is C14H19N3O2S. The van der Waals surface area contributed by atoms with Crippen molar-refractivity contribution < 1.29 is 8.42 Å². The minimum absolute atomic E-state index is 0.0786. The van der Waals surface area contributed by atoms with Crippen molar-refractivity contribution in [3.63, 3.8) is 0 Å². The van der Waals surface area contributed by atoms with E-state index in [1.165, 1.54) is 6.26 Å². The van der Waals surface area contributed by atoms with E-state index in [9.17, 15) is 8.42 Å². The van der Waals surface area contributed by atoms with Crippen molar-refractivity contribution in [3.05, 3.63) is 48.3 Å². The molecule has 0 saturated heterocycles. The second-order valence-corrected chi connectivity index (χ2v) is 7.19. The molecule has 0 aliphatic carbocycles. The van der Waals surface area contributed by atoms with E-state index in [0.29, 0.717) is 6.54 Å². The molecule has 1 heterocycles. The molecule has 0 radical (unpaired) electrons. The fourth-order valence-electron chi connectivity index (χ4n) is 1.98. The van der Waals surface area contributed by atoms with Gasteiger partial charge in [0.25, 0.3) is 0 Å². The van der Waals surface area contributed by atoms with Crippen molar-refractivity contribution in [1.29, 1.82) is 0 Å². The molecule has 0 saturated carbocycles. The van der Waals surface area contributed by atoms with Crippen LogP contribution in [0.2, 0.25) is 0 Å². The molecule has 0 fully saturated rings. The Balaban J connectivity index is 1.94. The number of aromatic nitrogens is 2. The first kappa shape index (κ1) is 14.7. The Labute approximate surface area is 119 Å². The minimum Gasteiger partial charge on any atom is -0.309 e. The number of nitrogens with one attached hydrogen (secondary N) is 1. The van der Waals surface area contributed by atoms with Crippen LogP contribution in [-0.2, 0) is 16.4 Å². The van der Waals surface area contributed by atoms with Gasteiger partial charge in [-0.2, -0.15) is 5.10 Å². The smallest absolute Gasteiger partial charge is 0.148 e. The molecule has 1 aromatic carbocycles. The molecule has 5 nitrogen and oxygen atoms in total. The Morgan fingerprint density at radius 3 is 2.65 bits per heavy atom. The van der Waals surface area contributed by atoms with Gasteiger partial charge in [0.2, 0.25) is 0 Å². The summed E-state index contributed by atoms with van der Waals surface area (Å²) in [5.41, 5.74) is 2.03. The molecule has 1 N–H and O–H groups in total. The Morgan fingerprint density at radius 2 is 2.00 bits per heavy atom. The Bertz CT molecular complexity index is 650. The molecule has 108 valence electrons. The van der Waals surface area contributed by atoms with Crippen molar-refractivity contribution in [1.82, 2.24) is 15.1 Å². The van der Waals surface area contributed by atoms with E-state index in [1.807, 2.05) is 43.5 Å². The molecule has 1 aromatic heterocycles. The van der Waals surface area contributed by atoms with Gasteiger partial charge in [0, 0.05) is 30.6 Å². The molecule has 0 amide bonds. The second-order valence-electron chi connectivity index (χ2n) is 5.00. The van der Waals surface area contributed by atoms with Gasteiger partial charge < -0.3 is 5.32 Å². The predicted molar refractivity (Wildman–Crippen MR) is 79.6 cm³/mol. The molecule has 1 unspecified atom stereocenters. The number of sulfone groups is 1. The van der Waals surface area contributed by atoms with Crippen molar-refractivity contribution >= 4 is 9.84 Å². The molecule has 0 aliphatic heterocycles. The molecule has 0 spiro atoms. The van der Waals surface area contributed by atoms with Crippen LogP contribution in [0.5, 0.6) is 0 Å². The van der Waals surface area contributed by atoms with Crippen LogP contribution in [0.25, 0.3) is 5.69 Å². The lowest BCUT2D eigenvalue weighted by atomic mass is 10.3. The summed E-state index contributed by atoms with van der Waals surface area (Å²) in [4.78, 5) is 0. The lowest BCUT2D eigenvalue weighted by molar-refractivity contribution is 0.560. The summed E-state index contributed by atoms with van der Waals surface area (Å²) in [6.07, 6.45) is 4.97. The molecule has 20 heavy (non-hydrogen) atoms. The average molecular weight is 293 g/mol. The maximum atomic E-state index is 11.2. The highest BCUT2D eigenvalue weighted by atomic mass is 32.2. The summed E-state index contributed by atoms with van der Waals surface area (Å²) in [6.45, 7) is 2.46. The highest BCUT2D eigenvalue weighted by Crippen LogP contribution is 2.07. The SMILES string of the molecule is CC(CS(C)(=O)=O)NCc1cnn(-c2ccccc2)c1. The van der Waals surface area contributed by atoms with E-state index in [-0.39, 0.29) is 11.8 Å². The fraction of sp³-hybridized carbons (Fsp3) is 0.357. The molecular weight excluding hydrogens is 274 g/mol. The van der Waals surface area contributed by atoms with Gasteiger partial charge in [0.1, 0.15) is 9.84 Å². The maximum absolute atomic E-state index is 11.2. The Kier molecular flexibility index (Phi) is 4.57. The normalized spacial score (nSPS) is 13.3. The van der Waals surface area contributed by atoms with Crippen LogP contribution >= 0.6 is 0 Å². The summed E-state index contributed by atoms with van der Waals surface area (Å²) < 4.78 is 24.2. The average Bonchev–Trinajstić information content (AvgIpc) is 2.84. The Hall–Kier alpha value is -1.66. The van der Waals surface area contributed by atoms with Gasteiger partial charge in [-0.05, 0) is 19.1 Å². The van der Waals surface area contributed by atoms with Crippen LogP contribution in [0.4, 0.5) is 0 Å². The van der Waals surface area contributed by atoms with Gasteiger partial charge in [-0.25, -0.2) is 13.1 Å². The highest BCUT2D eigenvalue weighted by Gasteiger charge is 2.10. The Morgan fingerprint density at radius 1 is 1.30 bits per heavy atom. The molecule has 6 heteroatoms. The maximum Gasteiger partial charge on any atom is 0.148 e. The number of para-hydroxylation sites is 1. The van der Waals surface area contributed by atoms with E-state index in [1.54, 1.807) is 10.9 Å². The third-order valence-corrected chi connectivity index (χ3v) is 3.97. The number of benzene rings is 1. The quantitative estimate of drug-likeness (QED) is 0.874.